The third-order valence-electron chi connectivity index (χ3n) is 2.40. The Morgan fingerprint density at radius 1 is 1.22 bits per heavy atom. The average Bonchev–Trinajstić information content (AvgIpc) is 2.28. The highest BCUT2D eigenvalue weighted by Gasteiger charge is 2.05. The van der Waals surface area contributed by atoms with E-state index in [9.17, 15) is 0 Å². The molecule has 1 aromatic heterocycles. The Bertz CT molecular complexity index is 543. The van der Waals surface area contributed by atoms with Crippen molar-refractivity contribution >= 4 is 23.4 Å². The van der Waals surface area contributed by atoms with Crippen LogP contribution in [0.15, 0.2) is 40.3 Å². The molecular formula is C14H15ClN2S. The molecule has 1 heterocycles. The first kappa shape index (κ1) is 13.4. The van der Waals surface area contributed by atoms with Crippen LogP contribution < -0.4 is 0 Å². The van der Waals surface area contributed by atoms with Gasteiger partial charge in [-0.2, -0.15) is 0 Å². The quantitative estimate of drug-likeness (QED) is 0.768. The third-order valence-corrected chi connectivity index (χ3v) is 3.50. The average molecular weight is 279 g/mol. The lowest BCUT2D eigenvalue weighted by Gasteiger charge is -2.05. The van der Waals surface area contributed by atoms with E-state index in [1.807, 2.05) is 12.1 Å². The first-order valence-electron chi connectivity index (χ1n) is 5.95. The Morgan fingerprint density at radius 2 is 2.06 bits per heavy atom. The molecule has 0 atom stereocenters. The maximum Gasteiger partial charge on any atom is 0.133 e. The number of rotatable bonds is 4. The van der Waals surface area contributed by atoms with Gasteiger partial charge in [0.05, 0.1) is 0 Å². The molecule has 0 saturated carbocycles. The van der Waals surface area contributed by atoms with E-state index in [1.165, 1.54) is 10.5 Å². The second-order valence-electron chi connectivity index (χ2n) is 4.11. The third kappa shape index (κ3) is 3.72. The number of hydrogen-bond donors (Lipinski definition) is 0. The van der Waals surface area contributed by atoms with Crippen molar-refractivity contribution in [2.24, 2.45) is 0 Å². The molecule has 0 bridgehead atoms. The standard InChI is InChI=1S/C14H15ClN2S/c1-3-5-13-16-12(15)9-14(17-13)18-11-7-4-6-10(2)8-11/h4,6-9H,3,5H2,1-2H3. The lowest BCUT2D eigenvalue weighted by molar-refractivity contribution is 0.810. The van der Waals surface area contributed by atoms with Gasteiger partial charge in [-0.25, -0.2) is 9.97 Å². The lowest BCUT2D eigenvalue weighted by Crippen LogP contribution is -1.96. The van der Waals surface area contributed by atoms with Gasteiger partial charge in [-0.1, -0.05) is 48.0 Å². The van der Waals surface area contributed by atoms with Gasteiger partial charge in [0, 0.05) is 17.4 Å². The molecule has 4 heteroatoms. The molecule has 0 aliphatic carbocycles. The van der Waals surface area contributed by atoms with Crippen LogP contribution in [0.25, 0.3) is 0 Å². The zero-order valence-electron chi connectivity index (χ0n) is 10.5. The normalized spacial score (nSPS) is 10.6. The summed E-state index contributed by atoms with van der Waals surface area (Å²) in [5.74, 6) is 0.820. The minimum Gasteiger partial charge on any atom is -0.226 e. The molecule has 0 N–H and O–H groups in total. The van der Waals surface area contributed by atoms with Crippen LogP contribution in [0.2, 0.25) is 5.15 Å². The fourth-order valence-corrected chi connectivity index (χ4v) is 2.85. The molecule has 0 saturated heterocycles. The van der Waals surface area contributed by atoms with Crippen molar-refractivity contribution < 1.29 is 0 Å². The highest BCUT2D eigenvalue weighted by atomic mass is 35.5. The highest BCUT2D eigenvalue weighted by Crippen LogP contribution is 2.28. The molecule has 0 amide bonds. The number of benzene rings is 1. The van der Waals surface area contributed by atoms with Gasteiger partial charge in [0.25, 0.3) is 0 Å². The van der Waals surface area contributed by atoms with E-state index in [4.69, 9.17) is 11.6 Å². The summed E-state index contributed by atoms with van der Waals surface area (Å²) < 4.78 is 0. The van der Waals surface area contributed by atoms with Crippen molar-refractivity contribution in [2.75, 3.05) is 0 Å². The highest BCUT2D eigenvalue weighted by molar-refractivity contribution is 7.99. The Labute approximate surface area is 117 Å². The molecule has 2 aromatic rings. The Hall–Kier alpha value is -1.06. The Balaban J connectivity index is 2.23. The van der Waals surface area contributed by atoms with Crippen LogP contribution in [0.3, 0.4) is 0 Å². The van der Waals surface area contributed by atoms with Gasteiger partial charge >= 0.3 is 0 Å². The molecule has 0 radical (unpaired) electrons. The van der Waals surface area contributed by atoms with Crippen LogP contribution in [0, 0.1) is 6.92 Å². The summed E-state index contributed by atoms with van der Waals surface area (Å²) in [5.41, 5.74) is 1.24. The van der Waals surface area contributed by atoms with Gasteiger partial charge in [-0.05, 0) is 25.5 Å². The number of aromatic nitrogens is 2. The van der Waals surface area contributed by atoms with Crippen molar-refractivity contribution in [3.05, 3.63) is 46.9 Å². The topological polar surface area (TPSA) is 25.8 Å². The van der Waals surface area contributed by atoms with E-state index in [2.05, 4.69) is 42.0 Å². The maximum absolute atomic E-state index is 6.02. The van der Waals surface area contributed by atoms with Crippen LogP contribution in [0.5, 0.6) is 0 Å². The molecule has 0 spiro atoms. The summed E-state index contributed by atoms with van der Waals surface area (Å²) in [5, 5.41) is 1.42. The fraction of sp³-hybridized carbons (Fsp3) is 0.286. The van der Waals surface area contributed by atoms with Crippen molar-refractivity contribution in [1.82, 2.24) is 9.97 Å². The fourth-order valence-electron chi connectivity index (χ4n) is 1.63. The van der Waals surface area contributed by atoms with E-state index in [-0.39, 0.29) is 0 Å². The molecule has 94 valence electrons. The van der Waals surface area contributed by atoms with Gasteiger partial charge in [-0.3, -0.25) is 0 Å². The predicted molar refractivity (Wildman–Crippen MR) is 76.3 cm³/mol. The van der Waals surface area contributed by atoms with Crippen molar-refractivity contribution in [1.29, 1.82) is 0 Å². The molecule has 0 unspecified atom stereocenters. The number of hydrogen-bond acceptors (Lipinski definition) is 3. The van der Waals surface area contributed by atoms with E-state index in [1.54, 1.807) is 11.8 Å². The maximum atomic E-state index is 6.02. The number of halogens is 1. The van der Waals surface area contributed by atoms with Gasteiger partial charge in [0.15, 0.2) is 0 Å². The Kier molecular flexibility index (Phi) is 4.61. The number of aryl methyl sites for hydroxylation is 2. The molecule has 2 rings (SSSR count). The SMILES string of the molecule is CCCc1nc(Cl)cc(Sc2cccc(C)c2)n1. The van der Waals surface area contributed by atoms with Gasteiger partial charge in [0.1, 0.15) is 16.0 Å². The molecule has 18 heavy (non-hydrogen) atoms. The first-order chi connectivity index (χ1) is 8.67. The van der Waals surface area contributed by atoms with Gasteiger partial charge in [0.2, 0.25) is 0 Å². The van der Waals surface area contributed by atoms with Crippen molar-refractivity contribution in [2.45, 2.75) is 36.6 Å². The molecule has 0 aliphatic heterocycles. The van der Waals surface area contributed by atoms with Crippen LogP contribution in [0.1, 0.15) is 24.7 Å². The summed E-state index contributed by atoms with van der Waals surface area (Å²) in [4.78, 5) is 9.91. The van der Waals surface area contributed by atoms with E-state index in [0.29, 0.717) is 5.15 Å². The molecule has 0 fully saturated rings. The van der Waals surface area contributed by atoms with Crippen LogP contribution >= 0.6 is 23.4 Å². The monoisotopic (exact) mass is 278 g/mol. The summed E-state index contributed by atoms with van der Waals surface area (Å²) >= 11 is 7.64. The van der Waals surface area contributed by atoms with Crippen LogP contribution in [0.4, 0.5) is 0 Å². The van der Waals surface area contributed by atoms with E-state index in [0.717, 1.165) is 23.7 Å². The summed E-state index contributed by atoms with van der Waals surface area (Å²) in [6, 6.07) is 10.2. The predicted octanol–water partition coefficient (Wildman–Crippen LogP) is 4.54. The largest absolute Gasteiger partial charge is 0.226 e. The number of nitrogens with zero attached hydrogens (tertiary/aromatic N) is 2. The zero-order valence-corrected chi connectivity index (χ0v) is 12.1. The molecule has 0 aliphatic rings. The van der Waals surface area contributed by atoms with Gasteiger partial charge < -0.3 is 0 Å². The molecule has 2 nitrogen and oxygen atoms in total. The minimum atomic E-state index is 0.517. The second kappa shape index (κ2) is 6.21. The summed E-state index contributed by atoms with van der Waals surface area (Å²) in [7, 11) is 0. The minimum absolute atomic E-state index is 0.517. The van der Waals surface area contributed by atoms with Crippen molar-refractivity contribution in [3.8, 4) is 0 Å². The first-order valence-corrected chi connectivity index (χ1v) is 7.15. The van der Waals surface area contributed by atoms with Crippen LogP contribution in [-0.4, -0.2) is 9.97 Å². The van der Waals surface area contributed by atoms with E-state index >= 15 is 0 Å². The van der Waals surface area contributed by atoms with Crippen molar-refractivity contribution in [3.63, 3.8) is 0 Å². The molecule has 1 aromatic carbocycles. The smallest absolute Gasteiger partial charge is 0.133 e. The summed E-state index contributed by atoms with van der Waals surface area (Å²) in [6.45, 7) is 4.19. The van der Waals surface area contributed by atoms with Gasteiger partial charge in [-0.15, -0.1) is 0 Å². The second-order valence-corrected chi connectivity index (χ2v) is 5.59. The zero-order chi connectivity index (χ0) is 13.0. The lowest BCUT2D eigenvalue weighted by atomic mass is 10.2. The summed E-state index contributed by atoms with van der Waals surface area (Å²) in [6.07, 6.45) is 1.89. The van der Waals surface area contributed by atoms with Crippen LogP contribution in [-0.2, 0) is 6.42 Å². The molecular weight excluding hydrogens is 264 g/mol. The Morgan fingerprint density at radius 3 is 2.78 bits per heavy atom. The van der Waals surface area contributed by atoms with E-state index < -0.39 is 0 Å².